The number of ether oxygens (including phenoxy) is 2. The summed E-state index contributed by atoms with van der Waals surface area (Å²) in [5, 5.41) is 0. The van der Waals surface area contributed by atoms with Crippen molar-refractivity contribution in [3.8, 4) is 11.5 Å². The van der Waals surface area contributed by atoms with E-state index in [1.807, 2.05) is 35.8 Å². The fourth-order valence-corrected chi connectivity index (χ4v) is 3.49. The highest BCUT2D eigenvalue weighted by Crippen LogP contribution is 2.33. The summed E-state index contributed by atoms with van der Waals surface area (Å²) in [5.74, 6) is 1.78. The van der Waals surface area contributed by atoms with Crippen molar-refractivity contribution < 1.29 is 19.1 Å². The third-order valence-electron chi connectivity index (χ3n) is 5.01. The molecule has 2 amide bonds. The van der Waals surface area contributed by atoms with Crippen molar-refractivity contribution in [3.63, 3.8) is 0 Å². The first kappa shape index (κ1) is 18.5. The average molecular weight is 360 g/mol. The highest BCUT2D eigenvalue weighted by atomic mass is 16.6. The third kappa shape index (κ3) is 4.29. The Morgan fingerprint density at radius 2 is 1.58 bits per heavy atom. The van der Waals surface area contributed by atoms with Crippen LogP contribution < -0.4 is 9.47 Å². The molecule has 142 valence electrons. The minimum atomic E-state index is 0.106. The van der Waals surface area contributed by atoms with Gasteiger partial charge in [-0.3, -0.25) is 9.59 Å². The van der Waals surface area contributed by atoms with Crippen LogP contribution in [0.1, 0.15) is 37.3 Å². The average Bonchev–Trinajstić information content (AvgIpc) is 2.89. The quantitative estimate of drug-likeness (QED) is 0.826. The predicted molar refractivity (Wildman–Crippen MR) is 98.6 cm³/mol. The van der Waals surface area contributed by atoms with Crippen LogP contribution in [0.4, 0.5) is 0 Å². The molecule has 0 radical (unpaired) electrons. The SMILES string of the molecule is CCCC(=O)N1CCCN(C(=O)Cc2cc3c(cc2C)OCCO3)CC1. The third-order valence-corrected chi connectivity index (χ3v) is 5.01. The zero-order valence-electron chi connectivity index (χ0n) is 15.8. The van der Waals surface area contributed by atoms with E-state index in [9.17, 15) is 9.59 Å². The van der Waals surface area contributed by atoms with Gasteiger partial charge in [-0.1, -0.05) is 6.92 Å². The highest BCUT2D eigenvalue weighted by Gasteiger charge is 2.23. The van der Waals surface area contributed by atoms with Crippen molar-refractivity contribution in [3.05, 3.63) is 23.3 Å². The number of carbonyl (C=O) groups excluding carboxylic acids is 2. The molecule has 2 heterocycles. The number of benzene rings is 1. The molecule has 0 bridgehead atoms. The molecule has 1 fully saturated rings. The van der Waals surface area contributed by atoms with Gasteiger partial charge in [-0.05, 0) is 43.0 Å². The van der Waals surface area contributed by atoms with Crippen molar-refractivity contribution in [2.24, 2.45) is 0 Å². The van der Waals surface area contributed by atoms with Gasteiger partial charge in [0.25, 0.3) is 0 Å². The van der Waals surface area contributed by atoms with Crippen LogP contribution in [0, 0.1) is 6.92 Å². The summed E-state index contributed by atoms with van der Waals surface area (Å²) < 4.78 is 11.2. The Balaban J connectivity index is 1.62. The van der Waals surface area contributed by atoms with Gasteiger partial charge in [0.2, 0.25) is 11.8 Å². The number of hydrogen-bond donors (Lipinski definition) is 0. The molecule has 2 aliphatic heterocycles. The molecular weight excluding hydrogens is 332 g/mol. The Kier molecular flexibility index (Phi) is 6.01. The fraction of sp³-hybridized carbons (Fsp3) is 0.600. The van der Waals surface area contributed by atoms with E-state index in [0.717, 1.165) is 42.0 Å². The zero-order chi connectivity index (χ0) is 18.5. The molecule has 0 N–H and O–H groups in total. The van der Waals surface area contributed by atoms with Crippen LogP contribution in [-0.2, 0) is 16.0 Å². The Hall–Kier alpha value is -2.24. The van der Waals surface area contributed by atoms with Gasteiger partial charge in [-0.2, -0.15) is 0 Å². The van der Waals surface area contributed by atoms with Gasteiger partial charge >= 0.3 is 0 Å². The van der Waals surface area contributed by atoms with Gasteiger partial charge in [0.1, 0.15) is 13.2 Å². The number of hydrogen-bond acceptors (Lipinski definition) is 4. The van der Waals surface area contributed by atoms with Crippen molar-refractivity contribution in [1.29, 1.82) is 0 Å². The van der Waals surface area contributed by atoms with E-state index in [4.69, 9.17) is 9.47 Å². The summed E-state index contributed by atoms with van der Waals surface area (Å²) in [7, 11) is 0. The summed E-state index contributed by atoms with van der Waals surface area (Å²) in [5.41, 5.74) is 2.01. The fourth-order valence-electron chi connectivity index (χ4n) is 3.49. The molecule has 6 nitrogen and oxygen atoms in total. The minimum Gasteiger partial charge on any atom is -0.486 e. The van der Waals surface area contributed by atoms with Crippen LogP contribution in [0.3, 0.4) is 0 Å². The van der Waals surface area contributed by atoms with E-state index in [1.165, 1.54) is 0 Å². The molecule has 0 aromatic heterocycles. The van der Waals surface area contributed by atoms with Gasteiger partial charge in [-0.25, -0.2) is 0 Å². The van der Waals surface area contributed by atoms with Crippen molar-refractivity contribution in [1.82, 2.24) is 9.80 Å². The second-order valence-corrected chi connectivity index (χ2v) is 6.96. The van der Waals surface area contributed by atoms with Crippen LogP contribution in [0.5, 0.6) is 11.5 Å². The molecule has 1 saturated heterocycles. The van der Waals surface area contributed by atoms with Gasteiger partial charge < -0.3 is 19.3 Å². The van der Waals surface area contributed by atoms with E-state index in [1.54, 1.807) is 0 Å². The minimum absolute atomic E-state index is 0.106. The standard InChI is InChI=1S/C20H28N2O4/c1-3-5-19(23)21-6-4-7-22(9-8-21)20(24)14-16-13-18-17(12-15(16)2)25-10-11-26-18/h12-13H,3-11,14H2,1-2H3. The summed E-state index contributed by atoms with van der Waals surface area (Å²) in [6.07, 6.45) is 2.64. The number of carbonyl (C=O) groups is 2. The second-order valence-electron chi connectivity index (χ2n) is 6.96. The van der Waals surface area contributed by atoms with Crippen molar-refractivity contribution in [2.75, 3.05) is 39.4 Å². The van der Waals surface area contributed by atoms with E-state index < -0.39 is 0 Å². The lowest BCUT2D eigenvalue weighted by atomic mass is 10.0. The summed E-state index contributed by atoms with van der Waals surface area (Å²) in [6, 6.07) is 3.88. The molecule has 1 aromatic carbocycles. The maximum absolute atomic E-state index is 12.8. The lowest BCUT2D eigenvalue weighted by Gasteiger charge is -2.23. The van der Waals surface area contributed by atoms with Crippen LogP contribution in [-0.4, -0.2) is 61.0 Å². The van der Waals surface area contributed by atoms with E-state index >= 15 is 0 Å². The van der Waals surface area contributed by atoms with E-state index in [0.29, 0.717) is 45.7 Å². The largest absolute Gasteiger partial charge is 0.486 e. The molecule has 1 aromatic rings. The van der Waals surface area contributed by atoms with Crippen LogP contribution in [0.2, 0.25) is 0 Å². The van der Waals surface area contributed by atoms with Gasteiger partial charge in [0, 0.05) is 32.6 Å². The Bertz CT molecular complexity index is 674. The maximum Gasteiger partial charge on any atom is 0.227 e. The van der Waals surface area contributed by atoms with Crippen molar-refractivity contribution >= 4 is 11.8 Å². The van der Waals surface area contributed by atoms with Gasteiger partial charge in [-0.15, -0.1) is 0 Å². The molecule has 6 heteroatoms. The van der Waals surface area contributed by atoms with Gasteiger partial charge in [0.15, 0.2) is 11.5 Å². The molecule has 0 atom stereocenters. The smallest absolute Gasteiger partial charge is 0.227 e. The van der Waals surface area contributed by atoms with E-state index in [-0.39, 0.29) is 11.8 Å². The van der Waals surface area contributed by atoms with E-state index in [2.05, 4.69) is 0 Å². The molecule has 0 saturated carbocycles. The summed E-state index contributed by atoms with van der Waals surface area (Å²) in [6.45, 7) is 7.80. The Morgan fingerprint density at radius 3 is 2.23 bits per heavy atom. The normalized spacial score (nSPS) is 17.0. The first-order valence-corrected chi connectivity index (χ1v) is 9.53. The molecule has 2 aliphatic rings. The van der Waals surface area contributed by atoms with Crippen molar-refractivity contribution in [2.45, 2.75) is 39.5 Å². The zero-order valence-corrected chi connectivity index (χ0v) is 15.8. The Morgan fingerprint density at radius 1 is 0.962 bits per heavy atom. The van der Waals surface area contributed by atoms with Crippen LogP contribution >= 0.6 is 0 Å². The number of rotatable bonds is 4. The Labute approximate surface area is 155 Å². The molecule has 0 aliphatic carbocycles. The summed E-state index contributed by atoms with van der Waals surface area (Å²) >= 11 is 0. The number of aryl methyl sites for hydroxylation is 1. The maximum atomic E-state index is 12.8. The second kappa shape index (κ2) is 8.43. The van der Waals surface area contributed by atoms with Crippen LogP contribution in [0.15, 0.2) is 12.1 Å². The first-order chi connectivity index (χ1) is 12.6. The van der Waals surface area contributed by atoms with Gasteiger partial charge in [0.05, 0.1) is 6.42 Å². The molecule has 3 rings (SSSR count). The topological polar surface area (TPSA) is 59.1 Å². The molecule has 26 heavy (non-hydrogen) atoms. The molecule has 0 unspecified atom stereocenters. The van der Waals surface area contributed by atoms with Crippen LogP contribution in [0.25, 0.3) is 0 Å². The molecular formula is C20H28N2O4. The predicted octanol–water partition coefficient (Wildman–Crippen LogP) is 2.17. The number of amides is 2. The lowest BCUT2D eigenvalue weighted by Crippen LogP contribution is -2.38. The summed E-state index contributed by atoms with van der Waals surface area (Å²) in [4.78, 5) is 28.7. The first-order valence-electron chi connectivity index (χ1n) is 9.53. The molecule has 0 spiro atoms. The number of fused-ring (bicyclic) bond motifs is 1. The lowest BCUT2D eigenvalue weighted by molar-refractivity contribution is -0.133. The highest BCUT2D eigenvalue weighted by molar-refractivity contribution is 5.80. The monoisotopic (exact) mass is 360 g/mol. The number of nitrogens with zero attached hydrogens (tertiary/aromatic N) is 2.